The van der Waals surface area contributed by atoms with Crippen molar-refractivity contribution >= 4 is 11.6 Å². The molecule has 1 aliphatic rings. The van der Waals surface area contributed by atoms with E-state index in [9.17, 15) is 10.1 Å². The number of benzene rings is 1. The second kappa shape index (κ2) is 4.79. The Labute approximate surface area is 107 Å². The lowest BCUT2D eigenvalue weighted by atomic mass is 9.96. The van der Waals surface area contributed by atoms with Gasteiger partial charge in [-0.3, -0.25) is 4.79 Å². The number of rotatable bonds is 1. The third-order valence-corrected chi connectivity index (χ3v) is 3.31. The molecule has 1 N–H and O–H groups in total. The van der Waals surface area contributed by atoms with Crippen molar-refractivity contribution in [3.8, 4) is 6.07 Å². The minimum Gasteiger partial charge on any atom is -0.308 e. The molecule has 1 amide bonds. The highest BCUT2D eigenvalue weighted by atomic mass is 16.2. The summed E-state index contributed by atoms with van der Waals surface area (Å²) < 4.78 is 0. The van der Waals surface area contributed by atoms with Crippen molar-refractivity contribution in [2.45, 2.75) is 25.8 Å². The Hall–Kier alpha value is -1.86. The normalized spacial score (nSPS) is 19.2. The van der Waals surface area contributed by atoms with Gasteiger partial charge in [0.05, 0.1) is 17.8 Å². The number of amides is 1. The molecular weight excluding hydrogens is 226 g/mol. The van der Waals surface area contributed by atoms with Gasteiger partial charge in [0.15, 0.2) is 0 Å². The molecule has 0 saturated carbocycles. The molecule has 0 spiro atoms. The standard InChI is InChI=1S/C14H17N3O/c1-14(2)7-8-16-10-13(18)17(14)12-6-4-3-5-11(12)9-15/h3-6,16H,7-8,10H2,1-2H3. The fourth-order valence-electron chi connectivity index (χ4n) is 2.34. The number of carbonyl (C=O) groups excluding carboxylic acids is 1. The Morgan fingerprint density at radius 2 is 2.11 bits per heavy atom. The molecule has 0 unspecified atom stereocenters. The van der Waals surface area contributed by atoms with Gasteiger partial charge in [0.2, 0.25) is 5.91 Å². The number of carbonyl (C=O) groups is 1. The Bertz CT molecular complexity index is 502. The summed E-state index contributed by atoms with van der Waals surface area (Å²) in [6.07, 6.45) is 0.860. The van der Waals surface area contributed by atoms with E-state index in [-0.39, 0.29) is 11.4 Å². The van der Waals surface area contributed by atoms with Crippen molar-refractivity contribution in [2.24, 2.45) is 0 Å². The Morgan fingerprint density at radius 1 is 1.39 bits per heavy atom. The van der Waals surface area contributed by atoms with Crippen LogP contribution in [0.3, 0.4) is 0 Å². The van der Waals surface area contributed by atoms with Crippen molar-refractivity contribution in [2.75, 3.05) is 18.0 Å². The monoisotopic (exact) mass is 243 g/mol. The zero-order chi connectivity index (χ0) is 13.2. The molecule has 0 aromatic heterocycles. The van der Waals surface area contributed by atoms with Gasteiger partial charge in [-0.15, -0.1) is 0 Å². The van der Waals surface area contributed by atoms with Crippen LogP contribution >= 0.6 is 0 Å². The molecule has 1 fully saturated rings. The van der Waals surface area contributed by atoms with Crippen LogP contribution in [0, 0.1) is 11.3 Å². The van der Waals surface area contributed by atoms with Crippen molar-refractivity contribution in [1.29, 1.82) is 5.26 Å². The van der Waals surface area contributed by atoms with Crippen LogP contribution < -0.4 is 10.2 Å². The molecule has 18 heavy (non-hydrogen) atoms. The molecule has 0 radical (unpaired) electrons. The highest BCUT2D eigenvalue weighted by molar-refractivity contribution is 5.97. The lowest BCUT2D eigenvalue weighted by Gasteiger charge is -2.37. The number of hydrogen-bond donors (Lipinski definition) is 1. The number of hydrogen-bond acceptors (Lipinski definition) is 3. The van der Waals surface area contributed by atoms with E-state index < -0.39 is 0 Å². The molecule has 2 rings (SSSR count). The highest BCUT2D eigenvalue weighted by Gasteiger charge is 2.34. The first-order chi connectivity index (χ1) is 8.56. The van der Waals surface area contributed by atoms with Crippen LogP contribution in [0.1, 0.15) is 25.8 Å². The SMILES string of the molecule is CC1(C)CCNCC(=O)N1c1ccccc1C#N. The average molecular weight is 243 g/mol. The van der Waals surface area contributed by atoms with Gasteiger partial charge in [-0.1, -0.05) is 12.1 Å². The van der Waals surface area contributed by atoms with Gasteiger partial charge >= 0.3 is 0 Å². The fourth-order valence-corrected chi connectivity index (χ4v) is 2.34. The maximum atomic E-state index is 12.3. The number of nitriles is 1. The minimum atomic E-state index is -0.284. The van der Waals surface area contributed by atoms with E-state index >= 15 is 0 Å². The molecule has 0 aliphatic carbocycles. The van der Waals surface area contributed by atoms with Gasteiger partial charge in [-0.2, -0.15) is 5.26 Å². The summed E-state index contributed by atoms with van der Waals surface area (Å²) in [6, 6.07) is 9.42. The topological polar surface area (TPSA) is 56.1 Å². The van der Waals surface area contributed by atoms with Crippen LogP contribution in [0.4, 0.5) is 5.69 Å². The van der Waals surface area contributed by atoms with Crippen LogP contribution in [0.5, 0.6) is 0 Å². The molecule has 1 aromatic rings. The lowest BCUT2D eigenvalue weighted by Crippen LogP contribution is -2.48. The number of anilines is 1. The first-order valence-electron chi connectivity index (χ1n) is 6.09. The summed E-state index contributed by atoms with van der Waals surface area (Å²) in [5.41, 5.74) is 0.965. The van der Waals surface area contributed by atoms with Crippen molar-refractivity contribution in [3.63, 3.8) is 0 Å². The Morgan fingerprint density at radius 3 is 2.83 bits per heavy atom. The summed E-state index contributed by atoms with van der Waals surface area (Å²) in [7, 11) is 0. The van der Waals surface area contributed by atoms with Crippen molar-refractivity contribution in [3.05, 3.63) is 29.8 Å². The number of nitrogens with one attached hydrogen (secondary N) is 1. The van der Waals surface area contributed by atoms with E-state index in [1.54, 1.807) is 11.0 Å². The van der Waals surface area contributed by atoms with Crippen LogP contribution in [0.15, 0.2) is 24.3 Å². The maximum Gasteiger partial charge on any atom is 0.241 e. The molecule has 94 valence electrons. The van der Waals surface area contributed by atoms with Gasteiger partial charge in [0, 0.05) is 5.54 Å². The third kappa shape index (κ3) is 2.22. The van der Waals surface area contributed by atoms with E-state index in [2.05, 4.69) is 11.4 Å². The quantitative estimate of drug-likeness (QED) is 0.816. The first kappa shape index (κ1) is 12.6. The smallest absolute Gasteiger partial charge is 0.241 e. The molecular formula is C14H17N3O. The van der Waals surface area contributed by atoms with Crippen molar-refractivity contribution < 1.29 is 4.79 Å². The highest BCUT2D eigenvalue weighted by Crippen LogP contribution is 2.30. The Balaban J connectivity index is 2.51. The molecule has 1 aliphatic heterocycles. The molecule has 0 atom stereocenters. The average Bonchev–Trinajstić information content (AvgIpc) is 2.47. The van der Waals surface area contributed by atoms with E-state index in [0.29, 0.717) is 17.8 Å². The predicted molar refractivity (Wildman–Crippen MR) is 70.2 cm³/mol. The molecule has 4 heteroatoms. The number of nitrogens with zero attached hydrogens (tertiary/aromatic N) is 2. The van der Waals surface area contributed by atoms with Gasteiger partial charge in [0.25, 0.3) is 0 Å². The zero-order valence-corrected chi connectivity index (χ0v) is 10.7. The van der Waals surface area contributed by atoms with Gasteiger partial charge in [0.1, 0.15) is 6.07 Å². The molecule has 4 nitrogen and oxygen atoms in total. The van der Waals surface area contributed by atoms with E-state index in [1.807, 2.05) is 32.0 Å². The minimum absolute atomic E-state index is 0.0141. The van der Waals surface area contributed by atoms with Crippen LogP contribution in [0.25, 0.3) is 0 Å². The summed E-state index contributed by atoms with van der Waals surface area (Å²) >= 11 is 0. The molecule has 1 aromatic carbocycles. The van der Waals surface area contributed by atoms with E-state index in [0.717, 1.165) is 13.0 Å². The summed E-state index contributed by atoms with van der Waals surface area (Å²) in [5.74, 6) is 0.0141. The van der Waals surface area contributed by atoms with E-state index in [1.165, 1.54) is 0 Å². The summed E-state index contributed by atoms with van der Waals surface area (Å²) in [6.45, 7) is 5.20. The fraction of sp³-hybridized carbons (Fsp3) is 0.429. The molecule has 1 heterocycles. The van der Waals surface area contributed by atoms with Gasteiger partial charge in [-0.25, -0.2) is 0 Å². The van der Waals surface area contributed by atoms with Crippen LogP contribution in [-0.2, 0) is 4.79 Å². The molecule has 0 bridgehead atoms. The maximum absolute atomic E-state index is 12.3. The summed E-state index contributed by atoms with van der Waals surface area (Å²) in [5, 5.41) is 12.3. The molecule has 1 saturated heterocycles. The first-order valence-corrected chi connectivity index (χ1v) is 6.09. The second-order valence-electron chi connectivity index (χ2n) is 5.10. The van der Waals surface area contributed by atoms with Crippen LogP contribution in [-0.4, -0.2) is 24.5 Å². The Kier molecular flexibility index (Phi) is 3.35. The zero-order valence-electron chi connectivity index (χ0n) is 10.7. The summed E-state index contributed by atoms with van der Waals surface area (Å²) in [4.78, 5) is 14.0. The van der Waals surface area contributed by atoms with E-state index in [4.69, 9.17) is 0 Å². The second-order valence-corrected chi connectivity index (χ2v) is 5.10. The van der Waals surface area contributed by atoms with Crippen LogP contribution in [0.2, 0.25) is 0 Å². The lowest BCUT2D eigenvalue weighted by molar-refractivity contribution is -0.118. The largest absolute Gasteiger partial charge is 0.308 e. The van der Waals surface area contributed by atoms with Gasteiger partial charge < -0.3 is 10.2 Å². The van der Waals surface area contributed by atoms with Crippen molar-refractivity contribution in [1.82, 2.24) is 5.32 Å². The predicted octanol–water partition coefficient (Wildman–Crippen LogP) is 1.66. The van der Waals surface area contributed by atoms with Gasteiger partial charge in [-0.05, 0) is 38.9 Å². The number of para-hydroxylation sites is 1. The third-order valence-electron chi connectivity index (χ3n) is 3.31.